The van der Waals surface area contributed by atoms with E-state index in [2.05, 4.69) is 5.32 Å². The maximum Gasteiger partial charge on any atom is 0.416 e. The first-order chi connectivity index (χ1) is 11.8. The highest BCUT2D eigenvalue weighted by atomic mass is 19.4. The van der Waals surface area contributed by atoms with Gasteiger partial charge in [-0.1, -0.05) is 30.3 Å². The lowest BCUT2D eigenvalue weighted by molar-refractivity contribution is -0.156. The summed E-state index contributed by atoms with van der Waals surface area (Å²) >= 11 is 0. The fourth-order valence-electron chi connectivity index (χ4n) is 3.65. The molecule has 2 aromatic rings. The monoisotopic (exact) mass is 346 g/mol. The Kier molecular flexibility index (Phi) is 3.19. The Hall–Kier alpha value is -2.83. The second-order valence-corrected chi connectivity index (χ2v) is 6.19. The quantitative estimate of drug-likeness (QED) is 0.807. The third-order valence-electron chi connectivity index (χ3n) is 4.78. The van der Waals surface area contributed by atoms with Crippen LogP contribution < -0.4 is 5.32 Å². The number of benzene rings is 2. The van der Waals surface area contributed by atoms with Crippen LogP contribution in [-0.4, -0.2) is 23.3 Å². The van der Waals surface area contributed by atoms with Gasteiger partial charge in [0.15, 0.2) is 0 Å². The molecule has 128 valence electrons. The first-order valence-electron chi connectivity index (χ1n) is 7.70. The second-order valence-electron chi connectivity index (χ2n) is 6.19. The minimum atomic E-state index is -4.48. The molecule has 1 saturated heterocycles. The molecule has 0 spiro atoms. The summed E-state index contributed by atoms with van der Waals surface area (Å²) in [5.41, 5.74) is -0.348. The number of rotatable bonds is 1. The minimum absolute atomic E-state index is 0.0281. The third kappa shape index (κ3) is 2.22. The van der Waals surface area contributed by atoms with E-state index in [1.54, 1.807) is 30.3 Å². The summed E-state index contributed by atoms with van der Waals surface area (Å²) in [5, 5.41) is 2.73. The number of carbonyl (C=O) groups is 2. The Balaban J connectivity index is 1.95. The van der Waals surface area contributed by atoms with E-state index in [1.165, 1.54) is 11.0 Å². The average Bonchev–Trinajstić information content (AvgIpc) is 2.67. The van der Waals surface area contributed by atoms with E-state index in [-0.39, 0.29) is 24.8 Å². The van der Waals surface area contributed by atoms with E-state index in [4.69, 9.17) is 0 Å². The summed E-state index contributed by atoms with van der Waals surface area (Å²) in [6, 6.07) is 11.9. The van der Waals surface area contributed by atoms with Crippen molar-refractivity contribution < 1.29 is 22.8 Å². The molecule has 0 saturated carbocycles. The van der Waals surface area contributed by atoms with Gasteiger partial charge in [0.1, 0.15) is 12.1 Å². The number of carbonyl (C=O) groups excluding carboxylic acids is 2. The van der Waals surface area contributed by atoms with Crippen LogP contribution in [0.25, 0.3) is 0 Å². The Labute approximate surface area is 141 Å². The zero-order valence-corrected chi connectivity index (χ0v) is 12.9. The predicted molar refractivity (Wildman–Crippen MR) is 83.6 cm³/mol. The number of nitrogens with one attached hydrogen (secondary N) is 1. The first-order valence-corrected chi connectivity index (χ1v) is 7.70. The van der Waals surface area contributed by atoms with Crippen molar-refractivity contribution in [1.82, 2.24) is 4.90 Å². The van der Waals surface area contributed by atoms with E-state index < -0.39 is 17.3 Å². The van der Waals surface area contributed by atoms with Crippen LogP contribution in [0.5, 0.6) is 0 Å². The van der Waals surface area contributed by atoms with Crippen LogP contribution in [-0.2, 0) is 21.3 Å². The molecule has 1 unspecified atom stereocenters. The molecule has 2 heterocycles. The highest BCUT2D eigenvalue weighted by Crippen LogP contribution is 2.51. The minimum Gasteiger partial charge on any atom is -0.324 e. The number of amides is 2. The van der Waals surface area contributed by atoms with Gasteiger partial charge in [-0.05, 0) is 23.8 Å². The summed E-state index contributed by atoms with van der Waals surface area (Å²) in [5.74, 6) is -0.626. The number of anilines is 1. The zero-order chi connectivity index (χ0) is 17.8. The molecule has 0 aromatic heterocycles. The number of para-hydroxylation sites is 1. The molecule has 0 bridgehead atoms. The van der Waals surface area contributed by atoms with Crippen molar-refractivity contribution in [1.29, 1.82) is 0 Å². The summed E-state index contributed by atoms with van der Waals surface area (Å²) in [4.78, 5) is 25.6. The Bertz CT molecular complexity index is 894. The van der Waals surface area contributed by atoms with Crippen molar-refractivity contribution >= 4 is 17.5 Å². The molecule has 2 aliphatic heterocycles. The number of nitrogens with zero attached hydrogens (tertiary/aromatic N) is 1. The van der Waals surface area contributed by atoms with Gasteiger partial charge in [0.2, 0.25) is 11.8 Å². The summed E-state index contributed by atoms with van der Waals surface area (Å²) in [6.07, 6.45) is -4.45. The molecular formula is C18H13F3N2O2. The lowest BCUT2D eigenvalue weighted by atomic mass is 9.71. The van der Waals surface area contributed by atoms with Crippen LogP contribution in [0.3, 0.4) is 0 Å². The lowest BCUT2D eigenvalue weighted by Crippen LogP contribution is -2.62. The number of hydrogen-bond acceptors (Lipinski definition) is 2. The third-order valence-corrected chi connectivity index (χ3v) is 4.78. The molecule has 1 N–H and O–H groups in total. The van der Waals surface area contributed by atoms with E-state index in [0.29, 0.717) is 16.8 Å². The number of alkyl halides is 3. The van der Waals surface area contributed by atoms with Gasteiger partial charge < -0.3 is 10.2 Å². The van der Waals surface area contributed by atoms with Crippen LogP contribution in [0.2, 0.25) is 0 Å². The van der Waals surface area contributed by atoms with Crippen molar-refractivity contribution in [2.45, 2.75) is 18.1 Å². The Morgan fingerprint density at radius 3 is 2.52 bits per heavy atom. The maximum absolute atomic E-state index is 13.1. The number of β-lactam (4-membered cyclic amide) rings is 1. The molecule has 2 aliphatic rings. The largest absolute Gasteiger partial charge is 0.416 e. The highest BCUT2D eigenvalue weighted by Gasteiger charge is 2.56. The van der Waals surface area contributed by atoms with Gasteiger partial charge in [0.05, 0.1) is 12.0 Å². The number of halogens is 3. The van der Waals surface area contributed by atoms with E-state index in [1.807, 2.05) is 0 Å². The maximum atomic E-state index is 13.1. The highest BCUT2D eigenvalue weighted by molar-refractivity contribution is 6.01. The number of hydrogen-bond donors (Lipinski definition) is 1. The Morgan fingerprint density at radius 1 is 1.04 bits per heavy atom. The topological polar surface area (TPSA) is 49.4 Å². The fourth-order valence-corrected chi connectivity index (χ4v) is 3.65. The molecule has 2 amide bonds. The van der Waals surface area contributed by atoms with Crippen LogP contribution in [0.4, 0.5) is 18.9 Å². The van der Waals surface area contributed by atoms with Crippen LogP contribution in [0.1, 0.15) is 23.1 Å². The molecule has 0 aliphatic carbocycles. The number of fused-ring (bicyclic) bond motifs is 3. The smallest absolute Gasteiger partial charge is 0.324 e. The van der Waals surface area contributed by atoms with E-state index in [0.717, 1.165) is 12.1 Å². The van der Waals surface area contributed by atoms with Gasteiger partial charge in [0.25, 0.3) is 0 Å². The van der Waals surface area contributed by atoms with Gasteiger partial charge in [0, 0.05) is 11.3 Å². The molecule has 25 heavy (non-hydrogen) atoms. The van der Waals surface area contributed by atoms with Gasteiger partial charge >= 0.3 is 6.18 Å². The normalized spacial score (nSPS) is 22.4. The van der Waals surface area contributed by atoms with Gasteiger partial charge in [-0.2, -0.15) is 13.2 Å². The zero-order valence-electron chi connectivity index (χ0n) is 12.9. The van der Waals surface area contributed by atoms with Crippen LogP contribution >= 0.6 is 0 Å². The standard InChI is InChI=1S/C18H13F3N2O2/c19-18(20,21)12-5-3-4-11(8-12)17-9-16(25)23(17)10-15(24)22-14-7-2-1-6-13(14)17/h1-8H,9-10H2,(H,22,24). The molecule has 1 fully saturated rings. The summed E-state index contributed by atoms with van der Waals surface area (Å²) < 4.78 is 39.4. The van der Waals surface area contributed by atoms with Crippen molar-refractivity contribution in [3.63, 3.8) is 0 Å². The van der Waals surface area contributed by atoms with E-state index >= 15 is 0 Å². The molecule has 4 nitrogen and oxygen atoms in total. The van der Waals surface area contributed by atoms with Crippen LogP contribution in [0, 0.1) is 0 Å². The van der Waals surface area contributed by atoms with Gasteiger partial charge in [-0.3, -0.25) is 9.59 Å². The van der Waals surface area contributed by atoms with Gasteiger partial charge in [-0.15, -0.1) is 0 Å². The SMILES string of the molecule is O=C1CN2C(=O)CC2(c2cccc(C(F)(F)F)c2)c2ccccc2N1. The Morgan fingerprint density at radius 2 is 1.80 bits per heavy atom. The van der Waals surface area contributed by atoms with E-state index in [9.17, 15) is 22.8 Å². The van der Waals surface area contributed by atoms with Crippen LogP contribution in [0.15, 0.2) is 48.5 Å². The summed E-state index contributed by atoms with van der Waals surface area (Å²) in [7, 11) is 0. The van der Waals surface area contributed by atoms with Crippen molar-refractivity contribution in [2.75, 3.05) is 11.9 Å². The molecular weight excluding hydrogens is 333 g/mol. The molecule has 1 atom stereocenters. The van der Waals surface area contributed by atoms with Crippen molar-refractivity contribution in [3.8, 4) is 0 Å². The molecule has 2 aromatic carbocycles. The second kappa shape index (κ2) is 5.08. The first kappa shape index (κ1) is 15.7. The predicted octanol–water partition coefficient (Wildman–Crippen LogP) is 3.13. The summed E-state index contributed by atoms with van der Waals surface area (Å²) in [6.45, 7) is -0.191. The van der Waals surface area contributed by atoms with Gasteiger partial charge in [-0.25, -0.2) is 0 Å². The molecule has 4 rings (SSSR count). The van der Waals surface area contributed by atoms with Crippen molar-refractivity contribution in [3.05, 3.63) is 65.2 Å². The fraction of sp³-hybridized carbons (Fsp3) is 0.222. The van der Waals surface area contributed by atoms with Crippen molar-refractivity contribution in [2.24, 2.45) is 0 Å². The average molecular weight is 346 g/mol. The lowest BCUT2D eigenvalue weighted by Gasteiger charge is -2.51. The molecule has 7 heteroatoms. The molecule has 0 radical (unpaired) electrons.